The average Bonchev–Trinajstić information content (AvgIpc) is 3.11. The van der Waals surface area contributed by atoms with Gasteiger partial charge in [-0.25, -0.2) is 4.79 Å². The number of nitriles is 1. The zero-order chi connectivity index (χ0) is 23.8. The van der Waals surface area contributed by atoms with Crippen molar-refractivity contribution in [2.75, 3.05) is 5.32 Å². The number of hydrogen-bond acceptors (Lipinski definition) is 3. The summed E-state index contributed by atoms with van der Waals surface area (Å²) in [5.74, 6) is -1.20. The number of anilines is 1. The number of carboxylic acids is 1. The van der Waals surface area contributed by atoms with E-state index in [-0.39, 0.29) is 17.5 Å². The van der Waals surface area contributed by atoms with Gasteiger partial charge in [0.15, 0.2) is 0 Å². The molecule has 0 aliphatic heterocycles. The van der Waals surface area contributed by atoms with Gasteiger partial charge in [-0.15, -0.1) is 0 Å². The van der Waals surface area contributed by atoms with Crippen LogP contribution < -0.4 is 5.32 Å². The van der Waals surface area contributed by atoms with Gasteiger partial charge in [0.05, 0.1) is 5.56 Å². The van der Waals surface area contributed by atoms with Crippen molar-refractivity contribution in [2.45, 2.75) is 34.1 Å². The van der Waals surface area contributed by atoms with E-state index in [4.69, 9.17) is 0 Å². The Morgan fingerprint density at radius 1 is 1.00 bits per heavy atom. The highest BCUT2D eigenvalue weighted by molar-refractivity contribution is 5.97. The van der Waals surface area contributed by atoms with Gasteiger partial charge in [0.1, 0.15) is 11.8 Å². The molecule has 2 aromatic carbocycles. The van der Waals surface area contributed by atoms with Crippen molar-refractivity contribution in [1.29, 1.82) is 5.26 Å². The Morgan fingerprint density at radius 3 is 1.91 bits per heavy atom. The van der Waals surface area contributed by atoms with Gasteiger partial charge in [-0.1, -0.05) is 70.5 Å². The van der Waals surface area contributed by atoms with Crippen LogP contribution in [0.2, 0.25) is 0 Å². The van der Waals surface area contributed by atoms with Crippen molar-refractivity contribution in [3.05, 3.63) is 66.0 Å². The third-order valence-corrected chi connectivity index (χ3v) is 4.69. The summed E-state index contributed by atoms with van der Waals surface area (Å²) in [5.41, 5.74) is 4.14. The molecule has 0 unspecified atom stereocenters. The molecule has 1 aromatic heterocycles. The molecule has 32 heavy (non-hydrogen) atoms. The lowest BCUT2D eigenvalue weighted by Gasteiger charge is -2.09. The highest BCUT2D eigenvalue weighted by Gasteiger charge is 2.21. The van der Waals surface area contributed by atoms with E-state index in [1.807, 2.05) is 62.4 Å². The van der Waals surface area contributed by atoms with E-state index in [0.717, 1.165) is 16.8 Å². The number of aromatic nitrogens is 1. The number of amides is 1. The van der Waals surface area contributed by atoms with Crippen LogP contribution in [-0.2, 0) is 11.8 Å². The second-order valence-corrected chi connectivity index (χ2v) is 7.80. The lowest BCUT2D eigenvalue weighted by Crippen LogP contribution is -2.17. The van der Waals surface area contributed by atoms with Crippen LogP contribution in [0.15, 0.2) is 54.7 Å². The van der Waals surface area contributed by atoms with E-state index in [9.17, 15) is 20.0 Å². The van der Waals surface area contributed by atoms with Crippen LogP contribution in [0.25, 0.3) is 22.3 Å². The van der Waals surface area contributed by atoms with Gasteiger partial charge in [0.2, 0.25) is 5.91 Å². The molecule has 3 rings (SSSR count). The van der Waals surface area contributed by atoms with Crippen LogP contribution in [0.5, 0.6) is 0 Å². The van der Waals surface area contributed by atoms with Gasteiger partial charge in [0, 0.05) is 30.4 Å². The second-order valence-electron chi connectivity index (χ2n) is 7.80. The first-order valence-electron chi connectivity index (χ1n) is 10.6. The summed E-state index contributed by atoms with van der Waals surface area (Å²) < 4.78 is 1.45. The number of nitrogens with zero attached hydrogens (tertiary/aromatic N) is 2. The molecule has 6 heteroatoms. The number of rotatable bonds is 5. The van der Waals surface area contributed by atoms with Gasteiger partial charge in [0.25, 0.3) is 0 Å². The molecule has 0 radical (unpaired) electrons. The highest BCUT2D eigenvalue weighted by Crippen LogP contribution is 2.31. The summed E-state index contributed by atoms with van der Waals surface area (Å²) in [6.07, 6.45) is 2.77. The van der Waals surface area contributed by atoms with Crippen LogP contribution >= 0.6 is 0 Å². The molecule has 0 aliphatic rings. The summed E-state index contributed by atoms with van der Waals surface area (Å²) >= 11 is 0. The first-order chi connectivity index (χ1) is 15.2. The van der Waals surface area contributed by atoms with Gasteiger partial charge in [-0.3, -0.25) is 4.79 Å². The van der Waals surface area contributed by atoms with Crippen LogP contribution in [0.3, 0.4) is 0 Å². The number of carbonyl (C=O) groups excluding carboxylic acids is 1. The molecule has 166 valence electrons. The summed E-state index contributed by atoms with van der Waals surface area (Å²) in [6.45, 7) is 7.93. The molecular weight excluding hydrogens is 402 g/mol. The molecule has 1 amide bonds. The Labute approximate surface area is 189 Å². The fourth-order valence-electron chi connectivity index (χ4n) is 3.12. The predicted octanol–water partition coefficient (Wildman–Crippen LogP) is 5.94. The van der Waals surface area contributed by atoms with Crippen LogP contribution in [0, 0.1) is 17.2 Å². The minimum atomic E-state index is -1.08. The minimum absolute atomic E-state index is 0.0347. The van der Waals surface area contributed by atoms with Crippen molar-refractivity contribution >= 4 is 17.6 Å². The standard InChI is InChI=1S/C23H21N3O3.C3H8/c1-14(2)22(27)25-19-10-8-16(9-11-19)15-4-6-17(7-5-15)20-18(12-24)13-26(3)21(20)23(28)29;1-3-2/h4-11,13-14H,1-3H3,(H,25,27)(H,28,29);3H2,1-2H3. The maximum absolute atomic E-state index is 11.8. The Kier molecular flexibility index (Phi) is 8.37. The van der Waals surface area contributed by atoms with E-state index in [1.165, 1.54) is 17.2 Å². The Morgan fingerprint density at radius 2 is 1.47 bits per heavy atom. The molecule has 0 saturated carbocycles. The van der Waals surface area contributed by atoms with E-state index in [1.54, 1.807) is 7.05 Å². The molecule has 3 aromatic rings. The smallest absolute Gasteiger partial charge is 0.353 e. The largest absolute Gasteiger partial charge is 0.477 e. The number of aromatic carboxylic acids is 1. The number of aryl methyl sites for hydroxylation is 1. The molecule has 6 nitrogen and oxygen atoms in total. The fraction of sp³-hybridized carbons (Fsp3) is 0.269. The van der Waals surface area contributed by atoms with Gasteiger partial charge in [-0.05, 0) is 28.8 Å². The molecular formula is C26H29N3O3. The molecule has 2 N–H and O–H groups in total. The van der Waals surface area contributed by atoms with Gasteiger partial charge < -0.3 is 15.0 Å². The predicted molar refractivity (Wildman–Crippen MR) is 127 cm³/mol. The quantitative estimate of drug-likeness (QED) is 0.522. The maximum atomic E-state index is 11.8. The monoisotopic (exact) mass is 431 g/mol. The molecule has 0 saturated heterocycles. The molecule has 0 spiro atoms. The van der Waals surface area contributed by atoms with Crippen molar-refractivity contribution in [3.8, 4) is 28.3 Å². The fourth-order valence-corrected chi connectivity index (χ4v) is 3.12. The average molecular weight is 432 g/mol. The second kappa shape index (κ2) is 11.0. The van der Waals surface area contributed by atoms with Gasteiger partial charge >= 0.3 is 5.97 Å². The van der Waals surface area contributed by atoms with E-state index < -0.39 is 5.97 Å². The van der Waals surface area contributed by atoms with Crippen molar-refractivity contribution in [1.82, 2.24) is 4.57 Å². The first kappa shape index (κ1) is 24.4. The number of nitrogens with one attached hydrogen (secondary N) is 1. The van der Waals surface area contributed by atoms with Crippen molar-refractivity contribution in [3.63, 3.8) is 0 Å². The van der Waals surface area contributed by atoms with E-state index in [2.05, 4.69) is 25.2 Å². The SMILES string of the molecule is CC(C)C(=O)Nc1ccc(-c2ccc(-c3c(C#N)cn(C)c3C(=O)O)cc2)cc1.CCC. The maximum Gasteiger partial charge on any atom is 0.353 e. The topological polar surface area (TPSA) is 95.1 Å². The lowest BCUT2D eigenvalue weighted by atomic mass is 9.98. The molecule has 1 heterocycles. The minimum Gasteiger partial charge on any atom is -0.477 e. The summed E-state index contributed by atoms with van der Waals surface area (Å²) in [4.78, 5) is 23.4. The van der Waals surface area contributed by atoms with Crippen molar-refractivity contribution in [2.24, 2.45) is 13.0 Å². The van der Waals surface area contributed by atoms with Crippen molar-refractivity contribution < 1.29 is 14.7 Å². The summed E-state index contributed by atoms with van der Waals surface area (Å²) in [7, 11) is 1.61. The summed E-state index contributed by atoms with van der Waals surface area (Å²) in [5, 5.41) is 21.7. The van der Waals surface area contributed by atoms with Crippen LogP contribution in [0.1, 0.15) is 50.2 Å². The molecule has 0 aliphatic carbocycles. The third kappa shape index (κ3) is 5.64. The zero-order valence-electron chi connectivity index (χ0n) is 19.1. The van der Waals surface area contributed by atoms with Crippen LogP contribution in [-0.4, -0.2) is 21.6 Å². The highest BCUT2D eigenvalue weighted by atomic mass is 16.4. The van der Waals surface area contributed by atoms with Crippen LogP contribution in [0.4, 0.5) is 5.69 Å². The lowest BCUT2D eigenvalue weighted by molar-refractivity contribution is -0.118. The number of benzene rings is 2. The van der Waals surface area contributed by atoms with E-state index >= 15 is 0 Å². The first-order valence-corrected chi connectivity index (χ1v) is 10.6. The Balaban J connectivity index is 0.00000114. The number of carbonyl (C=O) groups is 2. The molecule has 0 bridgehead atoms. The Hall–Kier alpha value is -3.85. The Bertz CT molecular complexity index is 1120. The molecule has 0 atom stereocenters. The zero-order valence-corrected chi connectivity index (χ0v) is 19.1. The summed E-state index contributed by atoms with van der Waals surface area (Å²) in [6, 6.07) is 17.0. The van der Waals surface area contributed by atoms with Gasteiger partial charge in [-0.2, -0.15) is 5.26 Å². The van der Waals surface area contributed by atoms with E-state index in [0.29, 0.717) is 16.7 Å². The molecule has 0 fully saturated rings. The number of hydrogen-bond donors (Lipinski definition) is 2. The third-order valence-electron chi connectivity index (χ3n) is 4.69. The number of carboxylic acid groups (broad SMARTS) is 1. The normalized spacial score (nSPS) is 10.2.